The zero-order chi connectivity index (χ0) is 20.8. The zero-order valence-electron chi connectivity index (χ0n) is 17.5. The first-order valence-corrected chi connectivity index (χ1v) is 10.2. The SMILES string of the molecule is Cc1ccccc1C(=O)NC1CC[NH+](CC(=O)Nc2ccc(N(C)C)cc2)CC1. The summed E-state index contributed by atoms with van der Waals surface area (Å²) in [5.74, 6) is 0.0236. The molecule has 0 spiro atoms. The molecule has 2 aromatic rings. The molecule has 29 heavy (non-hydrogen) atoms. The van der Waals surface area contributed by atoms with Gasteiger partial charge in [0.05, 0.1) is 13.1 Å². The summed E-state index contributed by atoms with van der Waals surface area (Å²) in [6, 6.07) is 15.7. The first-order chi connectivity index (χ1) is 13.9. The van der Waals surface area contributed by atoms with Gasteiger partial charge in [-0.05, 0) is 42.8 Å². The molecule has 1 heterocycles. The number of anilines is 2. The van der Waals surface area contributed by atoms with Gasteiger partial charge in [-0.25, -0.2) is 0 Å². The first kappa shape index (κ1) is 20.9. The summed E-state index contributed by atoms with van der Waals surface area (Å²) < 4.78 is 0. The second kappa shape index (κ2) is 9.56. The van der Waals surface area contributed by atoms with Gasteiger partial charge in [0, 0.05) is 49.9 Å². The van der Waals surface area contributed by atoms with Gasteiger partial charge >= 0.3 is 0 Å². The van der Waals surface area contributed by atoms with Crippen LogP contribution in [0, 0.1) is 6.92 Å². The summed E-state index contributed by atoms with van der Waals surface area (Å²) in [7, 11) is 3.98. The molecule has 6 nitrogen and oxygen atoms in total. The van der Waals surface area contributed by atoms with E-state index in [0.29, 0.717) is 6.54 Å². The van der Waals surface area contributed by atoms with E-state index in [0.717, 1.165) is 48.4 Å². The van der Waals surface area contributed by atoms with Crippen molar-refractivity contribution < 1.29 is 14.5 Å². The molecule has 1 aliphatic rings. The van der Waals surface area contributed by atoms with Gasteiger partial charge in [-0.2, -0.15) is 0 Å². The van der Waals surface area contributed by atoms with Crippen molar-refractivity contribution >= 4 is 23.2 Å². The summed E-state index contributed by atoms with van der Waals surface area (Å²) in [6.45, 7) is 4.17. The second-order valence-electron chi connectivity index (χ2n) is 7.98. The van der Waals surface area contributed by atoms with Gasteiger partial charge in [0.1, 0.15) is 0 Å². The first-order valence-electron chi connectivity index (χ1n) is 10.2. The van der Waals surface area contributed by atoms with E-state index in [-0.39, 0.29) is 17.9 Å². The third kappa shape index (κ3) is 5.81. The summed E-state index contributed by atoms with van der Waals surface area (Å²) in [4.78, 5) is 28.1. The van der Waals surface area contributed by atoms with E-state index in [1.807, 2.05) is 74.4 Å². The normalized spacial score (nSPS) is 18.7. The number of amides is 2. The molecule has 1 fully saturated rings. The Labute approximate surface area is 172 Å². The van der Waals surface area contributed by atoms with Crippen molar-refractivity contribution in [3.8, 4) is 0 Å². The highest BCUT2D eigenvalue weighted by Gasteiger charge is 2.25. The summed E-state index contributed by atoms with van der Waals surface area (Å²) >= 11 is 0. The van der Waals surface area contributed by atoms with Gasteiger partial charge in [-0.3, -0.25) is 9.59 Å². The summed E-state index contributed by atoms with van der Waals surface area (Å²) in [5, 5.41) is 6.13. The van der Waals surface area contributed by atoms with E-state index >= 15 is 0 Å². The molecule has 0 atom stereocenters. The van der Waals surface area contributed by atoms with Crippen LogP contribution in [0.4, 0.5) is 11.4 Å². The second-order valence-corrected chi connectivity index (χ2v) is 7.98. The van der Waals surface area contributed by atoms with Gasteiger partial charge in [0.2, 0.25) is 0 Å². The minimum atomic E-state index is -0.00420. The van der Waals surface area contributed by atoms with Gasteiger partial charge in [0.15, 0.2) is 6.54 Å². The van der Waals surface area contributed by atoms with Crippen molar-refractivity contribution in [2.75, 3.05) is 43.9 Å². The zero-order valence-corrected chi connectivity index (χ0v) is 17.5. The molecule has 1 saturated heterocycles. The number of nitrogens with zero attached hydrogens (tertiary/aromatic N) is 1. The lowest BCUT2D eigenvalue weighted by Gasteiger charge is -2.29. The average molecular weight is 396 g/mol. The Morgan fingerprint density at radius 2 is 1.69 bits per heavy atom. The van der Waals surface area contributed by atoms with Crippen molar-refractivity contribution in [2.24, 2.45) is 0 Å². The third-order valence-electron chi connectivity index (χ3n) is 5.50. The van der Waals surface area contributed by atoms with Crippen molar-refractivity contribution in [2.45, 2.75) is 25.8 Å². The molecule has 3 N–H and O–H groups in total. The summed E-state index contributed by atoms with van der Waals surface area (Å²) in [6.07, 6.45) is 1.77. The van der Waals surface area contributed by atoms with Crippen LogP contribution in [0.3, 0.4) is 0 Å². The molecule has 0 radical (unpaired) electrons. The number of hydrogen-bond donors (Lipinski definition) is 3. The van der Waals surface area contributed by atoms with Gasteiger partial charge in [0.25, 0.3) is 11.8 Å². The Morgan fingerprint density at radius 3 is 2.31 bits per heavy atom. The van der Waals surface area contributed by atoms with Gasteiger partial charge < -0.3 is 20.4 Å². The molecule has 0 aromatic heterocycles. The molecule has 2 amide bonds. The van der Waals surface area contributed by atoms with E-state index in [9.17, 15) is 9.59 Å². The Kier molecular flexibility index (Phi) is 6.88. The number of likely N-dealkylation sites (tertiary alicyclic amines) is 1. The molecule has 1 aliphatic heterocycles. The fourth-order valence-electron chi connectivity index (χ4n) is 3.71. The number of aryl methyl sites for hydroxylation is 1. The lowest BCUT2D eigenvalue weighted by molar-refractivity contribution is -0.897. The summed E-state index contributed by atoms with van der Waals surface area (Å²) in [5.41, 5.74) is 3.65. The standard InChI is InChI=1S/C23H30N4O2/c1-17-6-4-5-7-21(17)23(29)25-19-12-14-27(15-13-19)16-22(28)24-18-8-10-20(11-9-18)26(2)3/h4-11,19H,12-16H2,1-3H3,(H,24,28)(H,25,29)/p+1. The number of piperidine rings is 1. The quantitative estimate of drug-likeness (QED) is 0.694. The van der Waals surface area contributed by atoms with E-state index in [4.69, 9.17) is 0 Å². The van der Waals surface area contributed by atoms with Crippen molar-refractivity contribution in [3.05, 3.63) is 59.7 Å². The Morgan fingerprint density at radius 1 is 1.03 bits per heavy atom. The Balaban J connectivity index is 1.43. The fraction of sp³-hybridized carbons (Fsp3) is 0.391. The molecule has 3 rings (SSSR count). The minimum Gasteiger partial charge on any atom is -0.378 e. The maximum absolute atomic E-state index is 12.5. The number of hydrogen-bond acceptors (Lipinski definition) is 3. The lowest BCUT2D eigenvalue weighted by Crippen LogP contribution is -3.14. The van der Waals surface area contributed by atoms with Crippen LogP contribution in [0.25, 0.3) is 0 Å². The number of carbonyl (C=O) groups excluding carboxylic acids is 2. The van der Waals surface area contributed by atoms with E-state index < -0.39 is 0 Å². The van der Waals surface area contributed by atoms with Crippen LogP contribution in [0.2, 0.25) is 0 Å². The van der Waals surface area contributed by atoms with Crippen LogP contribution in [0.15, 0.2) is 48.5 Å². The topological polar surface area (TPSA) is 65.9 Å². The van der Waals surface area contributed by atoms with Crippen LogP contribution in [-0.2, 0) is 4.79 Å². The van der Waals surface area contributed by atoms with E-state index in [1.165, 1.54) is 4.90 Å². The molecule has 0 unspecified atom stereocenters. The van der Waals surface area contributed by atoms with E-state index in [1.54, 1.807) is 0 Å². The fourth-order valence-corrected chi connectivity index (χ4v) is 3.71. The average Bonchev–Trinajstić information content (AvgIpc) is 2.70. The largest absolute Gasteiger partial charge is 0.378 e. The highest BCUT2D eigenvalue weighted by molar-refractivity contribution is 5.95. The number of rotatable bonds is 6. The molecule has 0 saturated carbocycles. The maximum atomic E-state index is 12.5. The Bertz CT molecular complexity index is 840. The predicted octanol–water partition coefficient (Wildman–Crippen LogP) is 1.48. The molecule has 6 heteroatoms. The minimum absolute atomic E-state index is 0.00420. The van der Waals surface area contributed by atoms with Crippen molar-refractivity contribution in [1.82, 2.24) is 5.32 Å². The van der Waals surface area contributed by atoms with E-state index in [2.05, 4.69) is 10.6 Å². The third-order valence-corrected chi connectivity index (χ3v) is 5.50. The molecular weight excluding hydrogens is 364 g/mol. The molecule has 154 valence electrons. The van der Waals surface area contributed by atoms with Crippen LogP contribution >= 0.6 is 0 Å². The van der Waals surface area contributed by atoms with Crippen LogP contribution in [-0.4, -0.2) is 51.6 Å². The monoisotopic (exact) mass is 395 g/mol. The number of carbonyl (C=O) groups is 2. The molecule has 0 bridgehead atoms. The molecular formula is C23H31N4O2+. The number of benzene rings is 2. The lowest BCUT2D eigenvalue weighted by atomic mass is 10.0. The maximum Gasteiger partial charge on any atom is 0.279 e. The smallest absolute Gasteiger partial charge is 0.279 e. The Hall–Kier alpha value is -2.86. The van der Waals surface area contributed by atoms with Crippen LogP contribution < -0.4 is 20.4 Å². The van der Waals surface area contributed by atoms with Gasteiger partial charge in [-0.1, -0.05) is 18.2 Å². The highest BCUT2D eigenvalue weighted by atomic mass is 16.2. The van der Waals surface area contributed by atoms with Crippen LogP contribution in [0.1, 0.15) is 28.8 Å². The predicted molar refractivity (Wildman–Crippen MR) is 117 cm³/mol. The highest BCUT2D eigenvalue weighted by Crippen LogP contribution is 2.15. The van der Waals surface area contributed by atoms with Gasteiger partial charge in [-0.15, -0.1) is 0 Å². The number of nitrogens with one attached hydrogen (secondary N) is 3. The molecule has 0 aliphatic carbocycles. The molecule has 2 aromatic carbocycles. The van der Waals surface area contributed by atoms with Crippen molar-refractivity contribution in [1.29, 1.82) is 0 Å². The van der Waals surface area contributed by atoms with Crippen LogP contribution in [0.5, 0.6) is 0 Å². The number of quaternary nitrogens is 1. The van der Waals surface area contributed by atoms with Crippen molar-refractivity contribution in [3.63, 3.8) is 0 Å².